The third-order valence-corrected chi connectivity index (χ3v) is 4.37. The maximum atomic E-state index is 12.3. The Hall–Kier alpha value is -2.82. The summed E-state index contributed by atoms with van der Waals surface area (Å²) >= 11 is 0. The van der Waals surface area contributed by atoms with E-state index in [1.54, 1.807) is 0 Å². The monoisotopic (exact) mass is 339 g/mol. The number of esters is 1. The predicted octanol–water partition coefficient (Wildman–Crippen LogP) is 3.18. The number of aryl methyl sites for hydroxylation is 1. The predicted molar refractivity (Wildman–Crippen MR) is 92.8 cm³/mol. The van der Waals surface area contributed by atoms with Crippen LogP contribution in [0.5, 0.6) is 0 Å². The molecule has 2 atom stereocenters. The normalized spacial score (nSPS) is 19.6. The number of methoxy groups -OCH3 is 1. The summed E-state index contributed by atoms with van der Waals surface area (Å²) in [5, 5.41) is 0. The van der Waals surface area contributed by atoms with Crippen LogP contribution in [-0.4, -0.2) is 36.2 Å². The van der Waals surface area contributed by atoms with E-state index in [0.717, 1.165) is 17.5 Å². The van der Waals surface area contributed by atoms with Gasteiger partial charge in [-0.15, -0.1) is 0 Å². The average Bonchev–Trinajstić information content (AvgIpc) is 2.96. The third-order valence-electron chi connectivity index (χ3n) is 4.37. The lowest BCUT2D eigenvalue weighted by Crippen LogP contribution is -2.43. The van der Waals surface area contributed by atoms with Crippen LogP contribution in [0.4, 0.5) is 4.79 Å². The highest BCUT2D eigenvalue weighted by molar-refractivity contribution is 5.85. The highest BCUT2D eigenvalue weighted by atomic mass is 16.6. The molecule has 1 amide bonds. The molecule has 5 heteroatoms. The van der Waals surface area contributed by atoms with Crippen LogP contribution in [0.2, 0.25) is 0 Å². The standard InChI is InChI=1S/C20H21NO4/c1-24-19(22)18-17(13-12-15-8-4-2-5-9-15)25-20(23)21(18)14-16-10-6-3-7-11-16/h2-11,17-18H,12-14H2,1H3/t17-,18+/m0/s1. The molecule has 1 fully saturated rings. The van der Waals surface area contributed by atoms with Crippen molar-refractivity contribution in [3.8, 4) is 0 Å². The summed E-state index contributed by atoms with van der Waals surface area (Å²) < 4.78 is 10.4. The molecule has 0 saturated carbocycles. The van der Waals surface area contributed by atoms with Crippen LogP contribution in [-0.2, 0) is 27.2 Å². The molecule has 2 aromatic rings. The van der Waals surface area contributed by atoms with Crippen LogP contribution in [0.15, 0.2) is 60.7 Å². The molecule has 2 aromatic carbocycles. The molecule has 0 N–H and O–H groups in total. The largest absolute Gasteiger partial charge is 0.467 e. The summed E-state index contributed by atoms with van der Waals surface area (Å²) in [5.74, 6) is -0.445. The first-order valence-corrected chi connectivity index (χ1v) is 8.32. The Morgan fingerprint density at radius 3 is 2.24 bits per heavy atom. The van der Waals surface area contributed by atoms with E-state index in [1.807, 2.05) is 60.7 Å². The molecule has 5 nitrogen and oxygen atoms in total. The molecule has 3 rings (SSSR count). The Morgan fingerprint density at radius 2 is 1.64 bits per heavy atom. The van der Waals surface area contributed by atoms with Gasteiger partial charge in [0.15, 0.2) is 6.04 Å². The lowest BCUT2D eigenvalue weighted by molar-refractivity contribution is -0.146. The first kappa shape index (κ1) is 17.0. The van der Waals surface area contributed by atoms with Gasteiger partial charge in [-0.1, -0.05) is 60.7 Å². The van der Waals surface area contributed by atoms with Crippen LogP contribution >= 0.6 is 0 Å². The Bertz CT molecular complexity index is 717. The molecule has 0 aliphatic carbocycles. The zero-order chi connectivity index (χ0) is 17.6. The van der Waals surface area contributed by atoms with Crippen molar-refractivity contribution in [3.63, 3.8) is 0 Å². The van der Waals surface area contributed by atoms with E-state index >= 15 is 0 Å². The van der Waals surface area contributed by atoms with Gasteiger partial charge in [0.25, 0.3) is 0 Å². The Labute approximate surface area is 147 Å². The van der Waals surface area contributed by atoms with E-state index in [4.69, 9.17) is 9.47 Å². The second kappa shape index (κ2) is 7.83. The van der Waals surface area contributed by atoms with Crippen molar-refractivity contribution in [1.82, 2.24) is 4.90 Å². The third kappa shape index (κ3) is 3.99. The van der Waals surface area contributed by atoms with E-state index in [1.165, 1.54) is 12.0 Å². The van der Waals surface area contributed by atoms with Crippen molar-refractivity contribution >= 4 is 12.1 Å². The highest BCUT2D eigenvalue weighted by Crippen LogP contribution is 2.26. The molecular weight excluding hydrogens is 318 g/mol. The van der Waals surface area contributed by atoms with Gasteiger partial charge in [0.1, 0.15) is 6.10 Å². The Morgan fingerprint density at radius 1 is 1.04 bits per heavy atom. The van der Waals surface area contributed by atoms with Gasteiger partial charge in [0.05, 0.1) is 13.7 Å². The molecule has 1 aliphatic heterocycles. The van der Waals surface area contributed by atoms with Crippen molar-refractivity contribution < 1.29 is 19.1 Å². The molecule has 1 heterocycles. The number of cyclic esters (lactones) is 1. The summed E-state index contributed by atoms with van der Waals surface area (Å²) in [7, 11) is 1.33. The van der Waals surface area contributed by atoms with Crippen molar-refractivity contribution in [1.29, 1.82) is 0 Å². The minimum absolute atomic E-state index is 0.321. The maximum Gasteiger partial charge on any atom is 0.411 e. The van der Waals surface area contributed by atoms with Crippen molar-refractivity contribution in [2.45, 2.75) is 31.5 Å². The quantitative estimate of drug-likeness (QED) is 0.759. The van der Waals surface area contributed by atoms with Crippen LogP contribution in [0, 0.1) is 0 Å². The number of ether oxygens (including phenoxy) is 2. The first-order valence-electron chi connectivity index (χ1n) is 8.32. The van der Waals surface area contributed by atoms with Gasteiger partial charge in [0.2, 0.25) is 0 Å². The fourth-order valence-corrected chi connectivity index (χ4v) is 3.09. The molecule has 0 aromatic heterocycles. The van der Waals surface area contributed by atoms with Gasteiger partial charge in [-0.3, -0.25) is 4.90 Å². The van der Waals surface area contributed by atoms with Gasteiger partial charge in [-0.05, 0) is 24.0 Å². The number of hydrogen-bond acceptors (Lipinski definition) is 4. The molecular formula is C20H21NO4. The van der Waals surface area contributed by atoms with E-state index in [9.17, 15) is 9.59 Å². The van der Waals surface area contributed by atoms with Crippen molar-refractivity contribution in [3.05, 3.63) is 71.8 Å². The molecule has 1 saturated heterocycles. The molecule has 0 radical (unpaired) electrons. The smallest absolute Gasteiger partial charge is 0.411 e. The zero-order valence-corrected chi connectivity index (χ0v) is 14.1. The van der Waals surface area contributed by atoms with E-state index in [2.05, 4.69) is 0 Å². The number of carbonyl (C=O) groups is 2. The number of benzene rings is 2. The number of amides is 1. The van der Waals surface area contributed by atoms with E-state index in [-0.39, 0.29) is 0 Å². The fraction of sp³-hybridized carbons (Fsp3) is 0.300. The summed E-state index contributed by atoms with van der Waals surface area (Å²) in [5.41, 5.74) is 2.08. The zero-order valence-electron chi connectivity index (χ0n) is 14.1. The van der Waals surface area contributed by atoms with E-state index < -0.39 is 24.2 Å². The molecule has 0 unspecified atom stereocenters. The second-order valence-corrected chi connectivity index (χ2v) is 6.03. The summed E-state index contributed by atoms with van der Waals surface area (Å²) in [6.07, 6.45) is 0.313. The minimum atomic E-state index is -0.721. The van der Waals surface area contributed by atoms with Crippen molar-refractivity contribution in [2.24, 2.45) is 0 Å². The average molecular weight is 339 g/mol. The van der Waals surface area contributed by atoms with Gasteiger partial charge < -0.3 is 9.47 Å². The highest BCUT2D eigenvalue weighted by Gasteiger charge is 2.46. The molecule has 1 aliphatic rings. The summed E-state index contributed by atoms with van der Waals surface area (Å²) in [6.45, 7) is 0.321. The van der Waals surface area contributed by atoms with Crippen LogP contribution in [0.1, 0.15) is 17.5 Å². The Kier molecular flexibility index (Phi) is 5.33. The fourth-order valence-electron chi connectivity index (χ4n) is 3.09. The number of hydrogen-bond donors (Lipinski definition) is 0. The van der Waals surface area contributed by atoms with Crippen LogP contribution in [0.25, 0.3) is 0 Å². The lowest BCUT2D eigenvalue weighted by atomic mass is 10.0. The van der Waals surface area contributed by atoms with Gasteiger partial charge in [0, 0.05) is 0 Å². The Balaban J connectivity index is 1.74. The molecule has 25 heavy (non-hydrogen) atoms. The topological polar surface area (TPSA) is 55.8 Å². The molecule has 0 spiro atoms. The maximum absolute atomic E-state index is 12.3. The van der Waals surface area contributed by atoms with Gasteiger partial charge in [-0.25, -0.2) is 9.59 Å². The number of carbonyl (C=O) groups excluding carboxylic acids is 2. The van der Waals surface area contributed by atoms with Gasteiger partial charge in [-0.2, -0.15) is 0 Å². The lowest BCUT2D eigenvalue weighted by Gasteiger charge is -2.22. The van der Waals surface area contributed by atoms with Crippen LogP contribution < -0.4 is 0 Å². The van der Waals surface area contributed by atoms with Crippen molar-refractivity contribution in [2.75, 3.05) is 7.11 Å². The van der Waals surface area contributed by atoms with Crippen LogP contribution in [0.3, 0.4) is 0 Å². The van der Waals surface area contributed by atoms with Gasteiger partial charge >= 0.3 is 12.1 Å². The summed E-state index contributed by atoms with van der Waals surface area (Å²) in [6, 6.07) is 18.7. The number of nitrogens with zero attached hydrogens (tertiary/aromatic N) is 1. The number of rotatable bonds is 6. The summed E-state index contributed by atoms with van der Waals surface area (Å²) in [4.78, 5) is 26.1. The molecule has 130 valence electrons. The van der Waals surface area contributed by atoms with E-state index in [0.29, 0.717) is 13.0 Å². The molecule has 0 bridgehead atoms. The first-order chi connectivity index (χ1) is 12.2. The second-order valence-electron chi connectivity index (χ2n) is 6.03. The SMILES string of the molecule is COC(=O)[C@H]1[C@H](CCc2ccccc2)OC(=O)N1Cc1ccccc1. The minimum Gasteiger partial charge on any atom is -0.467 e.